The zero-order valence-electron chi connectivity index (χ0n) is 11.6. The topological polar surface area (TPSA) is 98.7 Å². The third-order valence-corrected chi connectivity index (χ3v) is 2.82. The number of nitrogens with one attached hydrogen (secondary N) is 2. The highest BCUT2D eigenvalue weighted by Gasteiger charge is 2.10. The van der Waals surface area contributed by atoms with E-state index in [1.54, 1.807) is 0 Å². The second kappa shape index (κ2) is 7.37. The molecule has 0 fully saturated rings. The molecule has 0 saturated heterocycles. The van der Waals surface area contributed by atoms with E-state index in [2.05, 4.69) is 10.6 Å². The molecule has 0 bridgehead atoms. The Bertz CT molecular complexity index is 468. The van der Waals surface area contributed by atoms with Gasteiger partial charge in [-0.3, -0.25) is 9.59 Å². The summed E-state index contributed by atoms with van der Waals surface area (Å²) >= 11 is 0. The Labute approximate surface area is 117 Å². The van der Waals surface area contributed by atoms with E-state index in [4.69, 9.17) is 0 Å². The second-order valence-electron chi connectivity index (χ2n) is 4.62. The summed E-state index contributed by atoms with van der Waals surface area (Å²) in [6, 6.07) is 3.74. The number of aromatic hydroxyl groups is 2. The molecule has 1 rings (SSSR count). The predicted molar refractivity (Wildman–Crippen MR) is 74.6 cm³/mol. The largest absolute Gasteiger partial charge is 0.508 e. The fourth-order valence-corrected chi connectivity index (χ4v) is 1.57. The highest BCUT2D eigenvalue weighted by Crippen LogP contribution is 2.20. The molecule has 0 heterocycles. The van der Waals surface area contributed by atoms with Crippen LogP contribution in [-0.4, -0.2) is 34.6 Å². The number of phenols is 2. The van der Waals surface area contributed by atoms with Crippen molar-refractivity contribution in [1.82, 2.24) is 10.6 Å². The fourth-order valence-electron chi connectivity index (χ4n) is 1.57. The highest BCUT2D eigenvalue weighted by atomic mass is 16.3. The molecule has 0 saturated carbocycles. The van der Waals surface area contributed by atoms with Gasteiger partial charge in [0.05, 0.1) is 0 Å². The van der Waals surface area contributed by atoms with Gasteiger partial charge in [-0.2, -0.15) is 0 Å². The molecule has 1 atom stereocenters. The molecule has 4 N–H and O–H groups in total. The molecule has 6 nitrogen and oxygen atoms in total. The van der Waals surface area contributed by atoms with Crippen LogP contribution in [0.1, 0.15) is 37.0 Å². The van der Waals surface area contributed by atoms with Gasteiger partial charge < -0.3 is 20.8 Å². The molecule has 2 amide bonds. The summed E-state index contributed by atoms with van der Waals surface area (Å²) in [5, 5.41) is 23.9. The van der Waals surface area contributed by atoms with E-state index in [0.29, 0.717) is 0 Å². The van der Waals surface area contributed by atoms with Gasteiger partial charge in [0, 0.05) is 30.6 Å². The summed E-state index contributed by atoms with van der Waals surface area (Å²) in [4.78, 5) is 23.2. The minimum absolute atomic E-state index is 0.112. The van der Waals surface area contributed by atoms with E-state index in [1.807, 2.05) is 13.8 Å². The van der Waals surface area contributed by atoms with Crippen LogP contribution in [-0.2, 0) is 4.79 Å². The molecule has 0 aliphatic rings. The molecule has 1 aromatic carbocycles. The van der Waals surface area contributed by atoms with Gasteiger partial charge in [-0.25, -0.2) is 0 Å². The van der Waals surface area contributed by atoms with Crippen molar-refractivity contribution in [2.75, 3.05) is 6.54 Å². The van der Waals surface area contributed by atoms with Gasteiger partial charge in [-0.05, 0) is 25.5 Å². The molecule has 6 heteroatoms. The summed E-state index contributed by atoms with van der Waals surface area (Å²) < 4.78 is 0. The van der Waals surface area contributed by atoms with Gasteiger partial charge in [-0.1, -0.05) is 6.92 Å². The number of benzene rings is 1. The summed E-state index contributed by atoms with van der Waals surface area (Å²) in [5.74, 6) is -0.958. The van der Waals surface area contributed by atoms with E-state index in [9.17, 15) is 19.8 Å². The second-order valence-corrected chi connectivity index (χ2v) is 4.62. The van der Waals surface area contributed by atoms with Crippen LogP contribution >= 0.6 is 0 Å². The summed E-state index contributed by atoms with van der Waals surface area (Å²) in [6.45, 7) is 4.07. The Morgan fingerprint density at radius 1 is 1.20 bits per heavy atom. The van der Waals surface area contributed by atoms with Crippen molar-refractivity contribution in [3.63, 3.8) is 0 Å². The number of phenolic OH excluding ortho intramolecular Hbond substituents is 2. The van der Waals surface area contributed by atoms with Gasteiger partial charge in [0.15, 0.2) is 0 Å². The minimum atomic E-state index is -0.451. The summed E-state index contributed by atoms with van der Waals surface area (Å²) in [7, 11) is 0. The van der Waals surface area contributed by atoms with Gasteiger partial charge >= 0.3 is 0 Å². The van der Waals surface area contributed by atoms with Gasteiger partial charge in [-0.15, -0.1) is 0 Å². The van der Waals surface area contributed by atoms with Crippen LogP contribution in [0.3, 0.4) is 0 Å². The Kier molecular flexibility index (Phi) is 5.83. The Morgan fingerprint density at radius 2 is 1.80 bits per heavy atom. The first-order valence-electron chi connectivity index (χ1n) is 6.53. The standard InChI is InChI=1S/C14H20N2O4/c1-3-9(2)16-13(19)4-5-15-14(20)10-6-11(17)8-12(18)7-10/h6-9,17-18H,3-5H2,1-2H3,(H,15,20)(H,16,19). The average Bonchev–Trinajstić information content (AvgIpc) is 2.37. The van der Waals surface area contributed by atoms with Crippen LogP contribution in [0.5, 0.6) is 11.5 Å². The Hall–Kier alpha value is -2.24. The summed E-state index contributed by atoms with van der Waals surface area (Å²) in [6.07, 6.45) is 1.03. The molecular formula is C14H20N2O4. The molecule has 0 aromatic heterocycles. The molecule has 110 valence electrons. The van der Waals surface area contributed by atoms with Crippen molar-refractivity contribution < 1.29 is 19.8 Å². The fraction of sp³-hybridized carbons (Fsp3) is 0.429. The first kappa shape index (κ1) is 15.8. The van der Waals surface area contributed by atoms with Crippen LogP contribution in [0, 0.1) is 0 Å². The molecular weight excluding hydrogens is 260 g/mol. The molecule has 0 aliphatic carbocycles. The van der Waals surface area contributed by atoms with E-state index in [0.717, 1.165) is 12.5 Å². The first-order valence-corrected chi connectivity index (χ1v) is 6.53. The lowest BCUT2D eigenvalue weighted by Crippen LogP contribution is -2.35. The van der Waals surface area contributed by atoms with Crippen molar-refractivity contribution in [3.05, 3.63) is 23.8 Å². The SMILES string of the molecule is CCC(C)NC(=O)CCNC(=O)c1cc(O)cc(O)c1. The lowest BCUT2D eigenvalue weighted by molar-refractivity contribution is -0.121. The molecule has 0 radical (unpaired) electrons. The maximum absolute atomic E-state index is 11.7. The van der Waals surface area contributed by atoms with Crippen molar-refractivity contribution in [2.24, 2.45) is 0 Å². The van der Waals surface area contributed by atoms with Crippen molar-refractivity contribution in [2.45, 2.75) is 32.7 Å². The first-order chi connectivity index (χ1) is 9.42. The Morgan fingerprint density at radius 3 is 2.35 bits per heavy atom. The van der Waals surface area contributed by atoms with Gasteiger partial charge in [0.2, 0.25) is 5.91 Å². The Balaban J connectivity index is 2.42. The molecule has 0 aliphatic heterocycles. The number of hydrogen-bond donors (Lipinski definition) is 4. The predicted octanol–water partition coefficient (Wildman–Crippen LogP) is 1.13. The zero-order chi connectivity index (χ0) is 15.1. The number of carbonyl (C=O) groups is 2. The third-order valence-electron chi connectivity index (χ3n) is 2.82. The van der Waals surface area contributed by atoms with E-state index >= 15 is 0 Å². The van der Waals surface area contributed by atoms with Crippen LogP contribution < -0.4 is 10.6 Å². The van der Waals surface area contributed by atoms with Crippen molar-refractivity contribution >= 4 is 11.8 Å². The van der Waals surface area contributed by atoms with Crippen LogP contribution in [0.15, 0.2) is 18.2 Å². The van der Waals surface area contributed by atoms with Crippen LogP contribution in [0.25, 0.3) is 0 Å². The molecule has 1 unspecified atom stereocenters. The average molecular weight is 280 g/mol. The minimum Gasteiger partial charge on any atom is -0.508 e. The lowest BCUT2D eigenvalue weighted by atomic mass is 10.2. The van der Waals surface area contributed by atoms with E-state index in [-0.39, 0.29) is 42.0 Å². The van der Waals surface area contributed by atoms with Gasteiger partial charge in [0.25, 0.3) is 5.91 Å². The normalized spacial score (nSPS) is 11.7. The number of hydrogen-bond acceptors (Lipinski definition) is 4. The quantitative estimate of drug-likeness (QED) is 0.628. The van der Waals surface area contributed by atoms with Gasteiger partial charge in [0.1, 0.15) is 11.5 Å². The maximum Gasteiger partial charge on any atom is 0.251 e. The number of carbonyl (C=O) groups excluding carboxylic acids is 2. The van der Waals surface area contributed by atoms with Crippen LogP contribution in [0.2, 0.25) is 0 Å². The lowest BCUT2D eigenvalue weighted by Gasteiger charge is -2.11. The van der Waals surface area contributed by atoms with Crippen molar-refractivity contribution in [3.8, 4) is 11.5 Å². The highest BCUT2D eigenvalue weighted by molar-refractivity contribution is 5.95. The van der Waals surface area contributed by atoms with Crippen LogP contribution in [0.4, 0.5) is 0 Å². The van der Waals surface area contributed by atoms with E-state index < -0.39 is 5.91 Å². The molecule has 1 aromatic rings. The molecule has 0 spiro atoms. The third kappa shape index (κ3) is 5.17. The van der Waals surface area contributed by atoms with E-state index in [1.165, 1.54) is 12.1 Å². The maximum atomic E-state index is 11.7. The number of rotatable bonds is 6. The number of amides is 2. The van der Waals surface area contributed by atoms with Crippen molar-refractivity contribution in [1.29, 1.82) is 0 Å². The molecule has 20 heavy (non-hydrogen) atoms. The zero-order valence-corrected chi connectivity index (χ0v) is 11.6. The smallest absolute Gasteiger partial charge is 0.251 e. The monoisotopic (exact) mass is 280 g/mol. The summed E-state index contributed by atoms with van der Waals surface area (Å²) in [5.41, 5.74) is 0.143.